The Labute approximate surface area is 186 Å². The molecule has 0 saturated heterocycles. The average Bonchev–Trinajstić information content (AvgIpc) is 2.72. The van der Waals surface area contributed by atoms with Crippen LogP contribution in [0.2, 0.25) is 5.02 Å². The van der Waals surface area contributed by atoms with Crippen LogP contribution in [0, 0.1) is 5.92 Å². The third-order valence-corrected chi connectivity index (χ3v) is 4.64. The fraction of sp³-hybridized carbons (Fsp3) is 0.304. The van der Waals surface area contributed by atoms with Crippen LogP contribution in [-0.2, 0) is 19.1 Å². The average molecular weight is 445 g/mol. The summed E-state index contributed by atoms with van der Waals surface area (Å²) >= 11 is 5.88. The van der Waals surface area contributed by atoms with E-state index in [0.29, 0.717) is 21.8 Å². The highest BCUT2D eigenvalue weighted by Gasteiger charge is 2.19. The summed E-state index contributed by atoms with van der Waals surface area (Å²) in [6, 6.07) is 12.5. The van der Waals surface area contributed by atoms with E-state index in [0.717, 1.165) is 0 Å². The summed E-state index contributed by atoms with van der Waals surface area (Å²) in [5.41, 5.74) is 1.63. The molecule has 164 valence electrons. The molecule has 0 heterocycles. The van der Waals surface area contributed by atoms with Crippen LogP contribution in [-0.4, -0.2) is 30.2 Å². The minimum atomic E-state index is -0.622. The molecule has 0 aliphatic rings. The van der Waals surface area contributed by atoms with Crippen molar-refractivity contribution in [1.29, 1.82) is 0 Å². The number of amides is 2. The molecule has 8 heteroatoms. The summed E-state index contributed by atoms with van der Waals surface area (Å²) < 4.78 is 5.11. The van der Waals surface area contributed by atoms with Gasteiger partial charge in [-0.15, -0.1) is 0 Å². The van der Waals surface area contributed by atoms with Gasteiger partial charge in [-0.1, -0.05) is 37.6 Å². The van der Waals surface area contributed by atoms with E-state index < -0.39 is 18.6 Å². The number of carbonyl (C=O) groups excluding carboxylic acids is 4. The highest BCUT2D eigenvalue weighted by molar-refractivity contribution is 6.30. The number of rotatable bonds is 9. The molecule has 0 saturated carbocycles. The zero-order valence-corrected chi connectivity index (χ0v) is 18.4. The van der Waals surface area contributed by atoms with Crippen LogP contribution in [0.15, 0.2) is 48.5 Å². The van der Waals surface area contributed by atoms with E-state index in [9.17, 15) is 19.2 Å². The largest absolute Gasteiger partial charge is 0.457 e. The van der Waals surface area contributed by atoms with Crippen molar-refractivity contribution in [3.05, 3.63) is 64.7 Å². The number of Topliss-reactive ketones (excluding diaryl/α,β-unsaturated/α-hetero) is 1. The summed E-state index contributed by atoms with van der Waals surface area (Å²) in [4.78, 5) is 47.8. The second-order valence-electron chi connectivity index (χ2n) is 7.31. The third kappa shape index (κ3) is 7.86. The molecular weight excluding hydrogens is 420 g/mol. The van der Waals surface area contributed by atoms with E-state index in [1.165, 1.54) is 6.92 Å². The van der Waals surface area contributed by atoms with Gasteiger partial charge >= 0.3 is 5.97 Å². The van der Waals surface area contributed by atoms with Gasteiger partial charge in [0.15, 0.2) is 12.4 Å². The molecular formula is C23H25ClN2O5. The van der Waals surface area contributed by atoms with Crippen molar-refractivity contribution in [2.75, 3.05) is 11.9 Å². The van der Waals surface area contributed by atoms with Crippen molar-refractivity contribution in [3.63, 3.8) is 0 Å². The van der Waals surface area contributed by atoms with Crippen LogP contribution in [0.25, 0.3) is 0 Å². The molecule has 0 spiro atoms. The maximum Gasteiger partial charge on any atom is 0.308 e. The van der Waals surface area contributed by atoms with Crippen LogP contribution < -0.4 is 10.6 Å². The summed E-state index contributed by atoms with van der Waals surface area (Å²) in [5.74, 6) is -1.58. The minimum absolute atomic E-state index is 0.123. The lowest BCUT2D eigenvalue weighted by Gasteiger charge is -2.17. The Balaban J connectivity index is 1.92. The van der Waals surface area contributed by atoms with Crippen LogP contribution >= 0.6 is 11.6 Å². The van der Waals surface area contributed by atoms with Crippen LogP contribution in [0.3, 0.4) is 0 Å². The van der Waals surface area contributed by atoms with Crippen LogP contribution in [0.4, 0.5) is 5.69 Å². The first-order chi connectivity index (χ1) is 14.7. The fourth-order valence-corrected chi connectivity index (χ4v) is 2.80. The minimum Gasteiger partial charge on any atom is -0.457 e. The molecule has 2 N–H and O–H groups in total. The Morgan fingerprint density at radius 2 is 1.58 bits per heavy atom. The molecule has 0 fully saturated rings. The number of carbonyl (C=O) groups is 4. The molecule has 0 aliphatic carbocycles. The number of ketones is 1. The topological polar surface area (TPSA) is 102 Å². The monoisotopic (exact) mass is 444 g/mol. The Morgan fingerprint density at radius 1 is 0.968 bits per heavy atom. The van der Waals surface area contributed by atoms with E-state index >= 15 is 0 Å². The van der Waals surface area contributed by atoms with Gasteiger partial charge in [0.2, 0.25) is 11.8 Å². The first kappa shape index (κ1) is 24.1. The maximum absolute atomic E-state index is 12.3. The summed E-state index contributed by atoms with van der Waals surface area (Å²) in [5, 5.41) is 5.96. The predicted molar refractivity (Wildman–Crippen MR) is 118 cm³/mol. The lowest BCUT2D eigenvalue weighted by atomic mass is 10.0. The van der Waals surface area contributed by atoms with E-state index in [1.807, 2.05) is 0 Å². The lowest BCUT2D eigenvalue weighted by molar-refractivity contribution is -0.143. The number of anilines is 1. The van der Waals surface area contributed by atoms with Crippen molar-refractivity contribution in [1.82, 2.24) is 5.32 Å². The summed E-state index contributed by atoms with van der Waals surface area (Å²) in [7, 11) is 0. The molecule has 7 nitrogen and oxygen atoms in total. The van der Waals surface area contributed by atoms with E-state index in [4.69, 9.17) is 16.3 Å². The van der Waals surface area contributed by atoms with Gasteiger partial charge < -0.3 is 15.4 Å². The quantitative estimate of drug-likeness (QED) is 0.450. The second-order valence-corrected chi connectivity index (χ2v) is 7.75. The highest BCUT2D eigenvalue weighted by atomic mass is 35.5. The predicted octanol–water partition coefficient (Wildman–Crippen LogP) is 3.93. The Bertz CT molecular complexity index is 939. The zero-order valence-electron chi connectivity index (χ0n) is 17.6. The van der Waals surface area contributed by atoms with Gasteiger partial charge in [-0.25, -0.2) is 0 Å². The van der Waals surface area contributed by atoms with Crippen molar-refractivity contribution in [3.8, 4) is 0 Å². The fourth-order valence-electron chi connectivity index (χ4n) is 2.67. The van der Waals surface area contributed by atoms with Gasteiger partial charge in [-0.2, -0.15) is 0 Å². The number of nitrogens with one attached hydrogen (secondary N) is 2. The van der Waals surface area contributed by atoms with Gasteiger partial charge in [0.05, 0.1) is 12.5 Å². The Morgan fingerprint density at radius 3 is 2.13 bits per heavy atom. The van der Waals surface area contributed by atoms with Crippen molar-refractivity contribution >= 4 is 40.9 Å². The number of halogens is 1. The lowest BCUT2D eigenvalue weighted by Crippen LogP contribution is -2.29. The van der Waals surface area contributed by atoms with Crippen molar-refractivity contribution in [2.24, 2.45) is 5.92 Å². The van der Waals surface area contributed by atoms with Gasteiger partial charge in [0, 0.05) is 29.1 Å². The van der Waals surface area contributed by atoms with Crippen LogP contribution in [0.1, 0.15) is 49.2 Å². The second kappa shape index (κ2) is 11.3. The first-order valence-corrected chi connectivity index (χ1v) is 10.2. The molecule has 31 heavy (non-hydrogen) atoms. The van der Waals surface area contributed by atoms with Gasteiger partial charge in [-0.3, -0.25) is 19.2 Å². The number of benzene rings is 2. The maximum atomic E-state index is 12.3. The molecule has 2 rings (SSSR count). The highest BCUT2D eigenvalue weighted by Crippen LogP contribution is 2.20. The van der Waals surface area contributed by atoms with Crippen molar-refractivity contribution in [2.45, 2.75) is 33.2 Å². The molecule has 0 bridgehead atoms. The number of hydrogen-bond donors (Lipinski definition) is 2. The Hall–Kier alpha value is -3.19. The van der Waals surface area contributed by atoms with Gasteiger partial charge in [0.1, 0.15) is 0 Å². The molecule has 2 aromatic carbocycles. The SMILES string of the molecule is CC(=O)NC(CC(=O)OCC(=O)c1ccc(NC(=O)C(C)C)cc1)c1ccc(Cl)cc1. The Kier molecular flexibility index (Phi) is 8.75. The number of ether oxygens (including phenoxy) is 1. The first-order valence-electron chi connectivity index (χ1n) is 9.78. The van der Waals surface area contributed by atoms with E-state index in [2.05, 4.69) is 10.6 Å². The van der Waals surface area contributed by atoms with Gasteiger partial charge in [-0.05, 0) is 42.0 Å². The zero-order chi connectivity index (χ0) is 23.0. The number of esters is 1. The molecule has 0 aliphatic heterocycles. The van der Waals surface area contributed by atoms with Crippen molar-refractivity contribution < 1.29 is 23.9 Å². The molecule has 1 atom stereocenters. The van der Waals surface area contributed by atoms with E-state index in [1.54, 1.807) is 62.4 Å². The molecule has 2 amide bonds. The number of hydrogen-bond acceptors (Lipinski definition) is 5. The normalized spacial score (nSPS) is 11.5. The molecule has 0 radical (unpaired) electrons. The smallest absolute Gasteiger partial charge is 0.308 e. The van der Waals surface area contributed by atoms with E-state index in [-0.39, 0.29) is 29.9 Å². The summed E-state index contributed by atoms with van der Waals surface area (Å²) in [6.45, 7) is 4.49. The molecule has 1 unspecified atom stereocenters. The standard InChI is InChI=1S/C23H25ClN2O5/c1-14(2)23(30)26-19-10-6-17(7-11-19)21(28)13-31-22(29)12-20(25-15(3)27)16-4-8-18(24)9-5-16/h4-11,14,20H,12-13H2,1-3H3,(H,25,27)(H,26,30). The summed E-state index contributed by atoms with van der Waals surface area (Å²) in [6.07, 6.45) is -0.130. The molecule has 0 aromatic heterocycles. The van der Waals surface area contributed by atoms with Gasteiger partial charge in [0.25, 0.3) is 0 Å². The molecule has 2 aromatic rings. The van der Waals surface area contributed by atoms with Crippen LogP contribution in [0.5, 0.6) is 0 Å². The third-order valence-electron chi connectivity index (χ3n) is 4.38.